The highest BCUT2D eigenvalue weighted by Crippen LogP contribution is 2.41. The van der Waals surface area contributed by atoms with Crippen LogP contribution < -0.4 is 14.9 Å². The van der Waals surface area contributed by atoms with Gasteiger partial charge in [0.25, 0.3) is 5.91 Å². The van der Waals surface area contributed by atoms with Crippen molar-refractivity contribution in [3.63, 3.8) is 0 Å². The molecular formula is C32H24FNO5. The van der Waals surface area contributed by atoms with Crippen LogP contribution in [0.2, 0.25) is 0 Å². The summed E-state index contributed by atoms with van der Waals surface area (Å²) >= 11 is 0. The van der Waals surface area contributed by atoms with Crippen molar-refractivity contribution in [2.24, 2.45) is 0 Å². The van der Waals surface area contributed by atoms with E-state index in [0.717, 1.165) is 5.56 Å². The average molecular weight is 522 g/mol. The van der Waals surface area contributed by atoms with Gasteiger partial charge in [-0.2, -0.15) is 0 Å². The summed E-state index contributed by atoms with van der Waals surface area (Å²) in [6.45, 7) is 0.506. The third kappa shape index (κ3) is 4.52. The third-order valence-electron chi connectivity index (χ3n) is 6.88. The SMILES string of the molecule is COc1cc(C2c3c(oc4ccccc4c3=O)C(=O)N2Cc2ccc(F)cc2)ccc1OCc1ccccc1. The molecule has 1 aromatic heterocycles. The topological polar surface area (TPSA) is 69.0 Å². The van der Waals surface area contributed by atoms with Crippen molar-refractivity contribution in [3.8, 4) is 11.5 Å². The summed E-state index contributed by atoms with van der Waals surface area (Å²) in [5.74, 6) is 0.228. The maximum Gasteiger partial charge on any atom is 0.291 e. The van der Waals surface area contributed by atoms with E-state index in [4.69, 9.17) is 13.9 Å². The Kier molecular flexibility index (Phi) is 6.32. The van der Waals surface area contributed by atoms with Crippen LogP contribution in [0.4, 0.5) is 4.39 Å². The second-order valence-electron chi connectivity index (χ2n) is 9.32. The van der Waals surface area contributed by atoms with E-state index in [1.165, 1.54) is 12.1 Å². The molecule has 39 heavy (non-hydrogen) atoms. The number of rotatable bonds is 7. The Labute approximate surface area is 223 Å². The number of nitrogens with zero attached hydrogens (tertiary/aromatic N) is 1. The van der Waals surface area contributed by atoms with Gasteiger partial charge in [-0.1, -0.05) is 60.7 Å². The Morgan fingerprint density at radius 1 is 0.846 bits per heavy atom. The molecule has 0 radical (unpaired) electrons. The fourth-order valence-corrected chi connectivity index (χ4v) is 4.97. The van der Waals surface area contributed by atoms with Gasteiger partial charge in [0.15, 0.2) is 16.9 Å². The highest BCUT2D eigenvalue weighted by atomic mass is 19.1. The maximum absolute atomic E-state index is 13.7. The number of ether oxygens (including phenoxy) is 2. The maximum atomic E-state index is 13.7. The van der Waals surface area contributed by atoms with Gasteiger partial charge >= 0.3 is 0 Å². The van der Waals surface area contributed by atoms with Crippen LogP contribution in [-0.4, -0.2) is 17.9 Å². The van der Waals surface area contributed by atoms with Crippen molar-refractivity contribution in [2.45, 2.75) is 19.2 Å². The number of halogens is 1. The molecule has 5 aromatic rings. The van der Waals surface area contributed by atoms with Crippen LogP contribution in [0.3, 0.4) is 0 Å². The minimum Gasteiger partial charge on any atom is -0.493 e. The summed E-state index contributed by atoms with van der Waals surface area (Å²) in [7, 11) is 1.54. The first-order chi connectivity index (χ1) is 19.0. The number of amides is 1. The zero-order valence-electron chi connectivity index (χ0n) is 21.1. The molecule has 0 fully saturated rings. The molecule has 4 aromatic carbocycles. The minimum absolute atomic E-state index is 0.00850. The zero-order valence-corrected chi connectivity index (χ0v) is 21.1. The van der Waals surface area contributed by atoms with Gasteiger partial charge in [0, 0.05) is 6.54 Å². The summed E-state index contributed by atoms with van der Waals surface area (Å²) in [4.78, 5) is 29.0. The third-order valence-corrected chi connectivity index (χ3v) is 6.88. The fraction of sp³-hybridized carbons (Fsp3) is 0.125. The number of hydrogen-bond donors (Lipinski definition) is 0. The molecule has 0 saturated heterocycles. The van der Waals surface area contributed by atoms with Crippen molar-refractivity contribution in [3.05, 3.63) is 141 Å². The fourth-order valence-electron chi connectivity index (χ4n) is 4.97. The van der Waals surface area contributed by atoms with Crippen molar-refractivity contribution in [1.82, 2.24) is 4.90 Å². The molecule has 0 spiro atoms. The van der Waals surface area contributed by atoms with E-state index in [9.17, 15) is 14.0 Å². The lowest BCUT2D eigenvalue weighted by atomic mass is 9.97. The lowest BCUT2D eigenvalue weighted by Gasteiger charge is -2.26. The van der Waals surface area contributed by atoms with Crippen LogP contribution in [-0.2, 0) is 13.2 Å². The van der Waals surface area contributed by atoms with Crippen molar-refractivity contribution in [2.75, 3.05) is 7.11 Å². The molecule has 1 amide bonds. The number of methoxy groups -OCH3 is 1. The number of para-hydroxylation sites is 1. The first kappa shape index (κ1) is 24.4. The standard InChI is InChI=1S/C32H24FNO5/c1-37-27-17-22(13-16-26(27)38-19-21-7-3-2-4-8-21)29-28-30(35)24-9-5-6-10-25(24)39-31(28)32(36)34(29)18-20-11-14-23(33)15-12-20/h2-17,29H,18-19H2,1H3. The molecule has 194 valence electrons. The molecule has 1 aliphatic rings. The van der Waals surface area contributed by atoms with E-state index in [-0.39, 0.29) is 29.1 Å². The highest BCUT2D eigenvalue weighted by Gasteiger charge is 2.43. The van der Waals surface area contributed by atoms with E-state index in [1.54, 1.807) is 60.5 Å². The van der Waals surface area contributed by atoms with Gasteiger partial charge in [-0.15, -0.1) is 0 Å². The first-order valence-electron chi connectivity index (χ1n) is 12.5. The molecule has 1 unspecified atom stereocenters. The minimum atomic E-state index is -0.740. The van der Waals surface area contributed by atoms with E-state index in [1.807, 2.05) is 36.4 Å². The summed E-state index contributed by atoms with van der Waals surface area (Å²) in [5.41, 5.74) is 2.73. The van der Waals surface area contributed by atoms with Crippen molar-refractivity contribution in [1.29, 1.82) is 0 Å². The Hall–Kier alpha value is -4.91. The average Bonchev–Trinajstić information content (AvgIpc) is 3.24. The summed E-state index contributed by atoms with van der Waals surface area (Å²) in [5, 5.41) is 0.396. The van der Waals surface area contributed by atoms with Gasteiger partial charge in [-0.05, 0) is 53.1 Å². The Morgan fingerprint density at radius 3 is 2.36 bits per heavy atom. The van der Waals surface area contributed by atoms with Gasteiger partial charge in [-0.3, -0.25) is 9.59 Å². The molecule has 6 nitrogen and oxygen atoms in total. The number of carbonyl (C=O) groups is 1. The zero-order chi connectivity index (χ0) is 26.9. The largest absolute Gasteiger partial charge is 0.493 e. The van der Waals surface area contributed by atoms with Crippen LogP contribution in [0.15, 0.2) is 106 Å². The Morgan fingerprint density at radius 2 is 1.59 bits per heavy atom. The van der Waals surface area contributed by atoms with E-state index in [0.29, 0.717) is 40.2 Å². The van der Waals surface area contributed by atoms with E-state index >= 15 is 0 Å². The molecule has 0 N–H and O–H groups in total. The normalized spacial score (nSPS) is 14.5. The lowest BCUT2D eigenvalue weighted by molar-refractivity contribution is 0.0714. The summed E-state index contributed by atoms with van der Waals surface area (Å²) in [6.07, 6.45) is 0. The molecule has 0 aliphatic carbocycles. The predicted octanol–water partition coefficient (Wildman–Crippen LogP) is 6.27. The second kappa shape index (κ2) is 10.1. The highest BCUT2D eigenvalue weighted by molar-refractivity contribution is 5.99. The van der Waals surface area contributed by atoms with Gasteiger partial charge in [0.2, 0.25) is 5.76 Å². The van der Waals surface area contributed by atoms with Crippen LogP contribution in [0.25, 0.3) is 11.0 Å². The quantitative estimate of drug-likeness (QED) is 0.253. The Balaban J connectivity index is 1.44. The smallest absolute Gasteiger partial charge is 0.291 e. The molecule has 6 rings (SSSR count). The predicted molar refractivity (Wildman–Crippen MR) is 144 cm³/mol. The van der Waals surface area contributed by atoms with Crippen molar-refractivity contribution >= 4 is 16.9 Å². The van der Waals surface area contributed by atoms with Crippen LogP contribution in [0, 0.1) is 5.82 Å². The summed E-state index contributed by atoms with van der Waals surface area (Å²) < 4.78 is 31.2. The first-order valence-corrected chi connectivity index (χ1v) is 12.5. The molecule has 2 heterocycles. The van der Waals surface area contributed by atoms with Gasteiger partial charge in [-0.25, -0.2) is 4.39 Å². The van der Waals surface area contributed by atoms with Crippen LogP contribution in [0.1, 0.15) is 38.9 Å². The summed E-state index contributed by atoms with van der Waals surface area (Å²) in [6, 6.07) is 27.2. The lowest BCUT2D eigenvalue weighted by Crippen LogP contribution is -2.29. The van der Waals surface area contributed by atoms with E-state index < -0.39 is 11.9 Å². The monoisotopic (exact) mass is 521 g/mol. The van der Waals surface area contributed by atoms with Gasteiger partial charge < -0.3 is 18.8 Å². The number of benzene rings is 4. The van der Waals surface area contributed by atoms with Crippen LogP contribution in [0.5, 0.6) is 11.5 Å². The number of fused-ring (bicyclic) bond motifs is 2. The molecule has 1 atom stereocenters. The van der Waals surface area contributed by atoms with Gasteiger partial charge in [0.05, 0.1) is 24.1 Å². The second-order valence-corrected chi connectivity index (χ2v) is 9.32. The number of hydrogen-bond acceptors (Lipinski definition) is 5. The number of carbonyl (C=O) groups excluding carboxylic acids is 1. The van der Waals surface area contributed by atoms with Crippen LogP contribution >= 0.6 is 0 Å². The molecule has 0 bridgehead atoms. The molecule has 0 saturated carbocycles. The van der Waals surface area contributed by atoms with Crippen molar-refractivity contribution < 1.29 is 23.1 Å². The van der Waals surface area contributed by atoms with Gasteiger partial charge in [0.1, 0.15) is 18.0 Å². The molecule has 1 aliphatic heterocycles. The molecule has 7 heteroatoms. The Bertz CT molecular complexity index is 1730. The molecular weight excluding hydrogens is 497 g/mol. The van der Waals surface area contributed by atoms with E-state index in [2.05, 4.69) is 0 Å².